The van der Waals surface area contributed by atoms with Crippen LogP contribution < -0.4 is 4.74 Å². The first-order valence-electron chi connectivity index (χ1n) is 13.0. The van der Waals surface area contributed by atoms with Crippen molar-refractivity contribution in [3.63, 3.8) is 0 Å². The molecule has 0 aliphatic carbocycles. The minimum absolute atomic E-state index is 0.374. The van der Waals surface area contributed by atoms with Gasteiger partial charge in [0.25, 0.3) is 0 Å². The van der Waals surface area contributed by atoms with Gasteiger partial charge in [0.05, 0.1) is 5.69 Å². The minimum Gasteiger partial charge on any atom is -0.423 e. The van der Waals surface area contributed by atoms with Gasteiger partial charge in [0, 0.05) is 0 Å². The van der Waals surface area contributed by atoms with Crippen molar-refractivity contribution in [1.29, 1.82) is 0 Å². The Hall–Kier alpha value is -2.69. The second-order valence-corrected chi connectivity index (χ2v) is 8.95. The molecule has 0 saturated heterocycles. The van der Waals surface area contributed by atoms with Gasteiger partial charge in [-0.05, 0) is 53.1 Å². The van der Waals surface area contributed by atoms with E-state index in [9.17, 15) is 0 Å². The van der Waals surface area contributed by atoms with E-state index in [0.29, 0.717) is 6.01 Å². The van der Waals surface area contributed by atoms with Crippen molar-refractivity contribution in [2.24, 2.45) is 0 Å². The lowest BCUT2D eigenvalue weighted by atomic mass is 10.0. The van der Waals surface area contributed by atoms with Crippen LogP contribution >= 0.6 is 0 Å². The van der Waals surface area contributed by atoms with Crippen molar-refractivity contribution in [3.8, 4) is 17.4 Å². The summed E-state index contributed by atoms with van der Waals surface area (Å²) in [6, 6.07) is 18.4. The Morgan fingerprint density at radius 2 is 1.33 bits per heavy atom. The van der Waals surface area contributed by atoms with Crippen LogP contribution in [0.3, 0.4) is 0 Å². The normalized spacial score (nSPS) is 11.1. The summed E-state index contributed by atoms with van der Waals surface area (Å²) in [7, 11) is 0. The molecule has 0 radical (unpaired) electrons. The monoisotopic (exact) mass is 448 g/mol. The van der Waals surface area contributed by atoms with E-state index in [0.717, 1.165) is 17.9 Å². The molecule has 5 nitrogen and oxygen atoms in total. The fourth-order valence-corrected chi connectivity index (χ4v) is 4.19. The maximum absolute atomic E-state index is 5.99. The number of para-hydroxylation sites is 1. The number of nitrogens with zero attached hydrogens (tertiary/aromatic N) is 4. The molecule has 0 N–H and O–H groups in total. The number of tetrazole rings is 1. The molecule has 2 aromatic carbocycles. The maximum Gasteiger partial charge on any atom is 0.345 e. The molecule has 0 saturated carbocycles. The van der Waals surface area contributed by atoms with Crippen LogP contribution in [0.15, 0.2) is 54.6 Å². The number of ether oxygens (including phenoxy) is 1. The lowest BCUT2D eigenvalue weighted by Gasteiger charge is -2.08. The van der Waals surface area contributed by atoms with Crippen LogP contribution in [0.2, 0.25) is 0 Å². The topological polar surface area (TPSA) is 52.8 Å². The van der Waals surface area contributed by atoms with Crippen LogP contribution in [0.1, 0.15) is 96.0 Å². The third-order valence-corrected chi connectivity index (χ3v) is 6.12. The highest BCUT2D eigenvalue weighted by Gasteiger charge is 2.10. The van der Waals surface area contributed by atoms with Crippen LogP contribution in [0.4, 0.5) is 0 Å². The fraction of sp³-hybridized carbons (Fsp3) is 0.536. The van der Waals surface area contributed by atoms with E-state index in [4.69, 9.17) is 4.74 Å². The second kappa shape index (κ2) is 15.2. The second-order valence-electron chi connectivity index (χ2n) is 8.95. The van der Waals surface area contributed by atoms with Crippen LogP contribution in [-0.2, 0) is 6.42 Å². The number of rotatable bonds is 17. The SMILES string of the molecule is CCCCCCCCCCCCCCCc1cccc(Oc2nnnn2-c2ccccc2)c1. The van der Waals surface area contributed by atoms with Gasteiger partial charge >= 0.3 is 6.01 Å². The zero-order chi connectivity index (χ0) is 23.0. The first kappa shape index (κ1) is 24.9. The molecule has 3 aromatic rings. The van der Waals surface area contributed by atoms with Crippen LogP contribution in [0, 0.1) is 0 Å². The summed E-state index contributed by atoms with van der Waals surface area (Å²) >= 11 is 0. The van der Waals surface area contributed by atoms with E-state index in [-0.39, 0.29) is 0 Å². The molecule has 0 amide bonds. The average molecular weight is 449 g/mol. The molecule has 0 unspecified atom stereocenters. The highest BCUT2D eigenvalue weighted by molar-refractivity contribution is 5.34. The number of benzene rings is 2. The molecule has 0 bridgehead atoms. The number of unbranched alkanes of at least 4 members (excludes halogenated alkanes) is 12. The summed E-state index contributed by atoms with van der Waals surface area (Å²) in [5.41, 5.74) is 2.18. The highest BCUT2D eigenvalue weighted by atomic mass is 16.5. The minimum atomic E-state index is 0.374. The van der Waals surface area contributed by atoms with Gasteiger partial charge in [0.2, 0.25) is 0 Å². The molecule has 33 heavy (non-hydrogen) atoms. The molecule has 0 fully saturated rings. The standard InChI is InChI=1S/C28H40N4O/c1-2-3-4-5-6-7-8-9-10-11-12-13-15-19-25-20-18-23-27(24-25)33-28-29-30-31-32(28)26-21-16-14-17-22-26/h14,16-18,20-24H,2-13,15,19H2,1H3. The van der Waals surface area contributed by atoms with E-state index in [1.54, 1.807) is 4.68 Å². The summed E-state index contributed by atoms with van der Waals surface area (Å²) in [6.07, 6.45) is 19.0. The van der Waals surface area contributed by atoms with Gasteiger partial charge < -0.3 is 4.74 Å². The summed E-state index contributed by atoms with van der Waals surface area (Å²) in [5, 5.41) is 11.9. The Bertz CT molecular complexity index is 894. The van der Waals surface area contributed by atoms with Gasteiger partial charge in [0.1, 0.15) is 5.75 Å². The van der Waals surface area contributed by atoms with Crippen molar-refractivity contribution in [3.05, 3.63) is 60.2 Å². The highest BCUT2D eigenvalue weighted by Crippen LogP contribution is 2.23. The third kappa shape index (κ3) is 9.37. The average Bonchev–Trinajstić information content (AvgIpc) is 3.31. The molecule has 0 aliphatic heterocycles. The lowest BCUT2D eigenvalue weighted by Crippen LogP contribution is -2.00. The number of aryl methyl sites for hydroxylation is 1. The first-order valence-corrected chi connectivity index (χ1v) is 13.0. The van der Waals surface area contributed by atoms with Crippen LogP contribution in [-0.4, -0.2) is 20.2 Å². The predicted molar refractivity (Wildman–Crippen MR) is 135 cm³/mol. The van der Waals surface area contributed by atoms with Gasteiger partial charge in [-0.3, -0.25) is 0 Å². The Labute approximate surface area is 199 Å². The van der Waals surface area contributed by atoms with Crippen molar-refractivity contribution >= 4 is 0 Å². The van der Waals surface area contributed by atoms with Gasteiger partial charge in [-0.1, -0.05) is 119 Å². The van der Waals surface area contributed by atoms with Crippen LogP contribution in [0.25, 0.3) is 5.69 Å². The van der Waals surface area contributed by atoms with Gasteiger partial charge in [0.15, 0.2) is 0 Å². The van der Waals surface area contributed by atoms with E-state index in [2.05, 4.69) is 34.6 Å². The summed E-state index contributed by atoms with van der Waals surface area (Å²) in [4.78, 5) is 0. The van der Waals surface area contributed by atoms with E-state index in [1.165, 1.54) is 89.0 Å². The summed E-state index contributed by atoms with van der Waals surface area (Å²) in [6.45, 7) is 2.28. The molecule has 0 aliphatic rings. The van der Waals surface area contributed by atoms with Crippen molar-refractivity contribution in [2.45, 2.75) is 96.8 Å². The predicted octanol–water partition coefficient (Wildman–Crippen LogP) is 8.09. The van der Waals surface area contributed by atoms with Crippen LogP contribution in [0.5, 0.6) is 11.8 Å². The fourth-order valence-electron chi connectivity index (χ4n) is 4.19. The Balaban J connectivity index is 1.30. The van der Waals surface area contributed by atoms with Crippen molar-refractivity contribution in [1.82, 2.24) is 20.2 Å². The number of hydrogen-bond acceptors (Lipinski definition) is 4. The Kier molecular flexibility index (Phi) is 11.5. The molecule has 0 spiro atoms. The molecule has 178 valence electrons. The third-order valence-electron chi connectivity index (χ3n) is 6.12. The molecule has 1 heterocycles. The maximum atomic E-state index is 5.99. The molecule has 1 aromatic heterocycles. The Morgan fingerprint density at radius 1 is 0.697 bits per heavy atom. The molecular formula is C28H40N4O. The van der Waals surface area contributed by atoms with Gasteiger partial charge in [-0.15, -0.1) is 0 Å². The molecular weight excluding hydrogens is 408 g/mol. The molecule has 3 rings (SSSR count). The Morgan fingerprint density at radius 3 is 2.00 bits per heavy atom. The number of hydrogen-bond donors (Lipinski definition) is 0. The smallest absolute Gasteiger partial charge is 0.345 e. The van der Waals surface area contributed by atoms with Crippen molar-refractivity contribution < 1.29 is 4.74 Å². The lowest BCUT2D eigenvalue weighted by molar-refractivity contribution is 0.426. The van der Waals surface area contributed by atoms with E-state index in [1.807, 2.05) is 42.5 Å². The molecule has 5 heteroatoms. The van der Waals surface area contributed by atoms with Gasteiger partial charge in [-0.25, -0.2) is 0 Å². The summed E-state index contributed by atoms with van der Waals surface area (Å²) in [5.74, 6) is 0.772. The summed E-state index contributed by atoms with van der Waals surface area (Å²) < 4.78 is 7.60. The van der Waals surface area contributed by atoms with E-state index < -0.39 is 0 Å². The quantitative estimate of drug-likeness (QED) is 0.196. The zero-order valence-corrected chi connectivity index (χ0v) is 20.3. The molecule has 0 atom stereocenters. The zero-order valence-electron chi connectivity index (χ0n) is 20.3. The number of aromatic nitrogens is 4. The first-order chi connectivity index (χ1) is 16.4. The van der Waals surface area contributed by atoms with Crippen molar-refractivity contribution in [2.75, 3.05) is 0 Å². The van der Waals surface area contributed by atoms with E-state index >= 15 is 0 Å². The van der Waals surface area contributed by atoms with Gasteiger partial charge in [-0.2, -0.15) is 4.68 Å². The largest absolute Gasteiger partial charge is 0.423 e.